The average Bonchev–Trinajstić information content (AvgIpc) is 3.07. The minimum absolute atomic E-state index is 0.0185. The van der Waals surface area contributed by atoms with Gasteiger partial charge in [-0.05, 0) is 31.1 Å². The molecule has 2 rings (SSSR count). The Bertz CT molecular complexity index is 330. The molecule has 2 aliphatic carbocycles. The first-order valence-electron chi connectivity index (χ1n) is 6.94. The Balaban J connectivity index is 1.76. The lowest BCUT2D eigenvalue weighted by molar-refractivity contribution is -0.119. The summed E-state index contributed by atoms with van der Waals surface area (Å²) in [5, 5.41) is 3.28. The van der Waals surface area contributed by atoms with Crippen molar-refractivity contribution in [2.75, 3.05) is 6.54 Å². The second-order valence-electron chi connectivity index (χ2n) is 5.82. The zero-order chi connectivity index (χ0) is 13.0. The summed E-state index contributed by atoms with van der Waals surface area (Å²) >= 11 is 0. The average molecular weight is 252 g/mol. The largest absolute Gasteiger partial charge is 0.370 e. The first-order chi connectivity index (χ1) is 8.60. The lowest BCUT2D eigenvalue weighted by Crippen LogP contribution is -2.41. The molecular formula is C13H24N4O. The maximum absolute atomic E-state index is 10.9. The summed E-state index contributed by atoms with van der Waals surface area (Å²) < 4.78 is 0. The summed E-state index contributed by atoms with van der Waals surface area (Å²) in [6, 6.07) is 0.480. The van der Waals surface area contributed by atoms with E-state index in [-0.39, 0.29) is 11.3 Å². The standard InChI is InChI=1S/C13H24N4O/c14-11(18)8-13(6-7-13)9-16-12(15)17-10-4-2-1-3-5-10/h10H,1-9H2,(H2,14,18)(H3,15,16,17). The van der Waals surface area contributed by atoms with Crippen molar-refractivity contribution < 1.29 is 4.79 Å². The molecule has 2 aliphatic rings. The molecule has 0 aromatic heterocycles. The molecule has 1 amide bonds. The Morgan fingerprint density at radius 1 is 1.22 bits per heavy atom. The zero-order valence-corrected chi connectivity index (χ0v) is 11.0. The van der Waals surface area contributed by atoms with E-state index in [1.54, 1.807) is 0 Å². The van der Waals surface area contributed by atoms with E-state index in [4.69, 9.17) is 11.5 Å². The van der Waals surface area contributed by atoms with E-state index in [9.17, 15) is 4.79 Å². The first kappa shape index (κ1) is 13.2. The van der Waals surface area contributed by atoms with Crippen LogP contribution in [0, 0.1) is 5.41 Å². The van der Waals surface area contributed by atoms with Gasteiger partial charge in [0.05, 0.1) is 0 Å². The van der Waals surface area contributed by atoms with Gasteiger partial charge in [-0.25, -0.2) is 0 Å². The fourth-order valence-electron chi connectivity index (χ4n) is 2.69. The first-order valence-corrected chi connectivity index (χ1v) is 6.94. The van der Waals surface area contributed by atoms with Gasteiger partial charge in [-0.15, -0.1) is 0 Å². The second-order valence-corrected chi connectivity index (χ2v) is 5.82. The third-order valence-corrected chi connectivity index (χ3v) is 4.05. The molecule has 0 unspecified atom stereocenters. The lowest BCUT2D eigenvalue weighted by atomic mass is 9.96. The summed E-state index contributed by atoms with van der Waals surface area (Å²) in [6.45, 7) is 0.626. The van der Waals surface area contributed by atoms with Gasteiger partial charge < -0.3 is 16.8 Å². The van der Waals surface area contributed by atoms with Gasteiger partial charge in [0.2, 0.25) is 5.91 Å². The van der Waals surface area contributed by atoms with Crippen molar-refractivity contribution in [3.63, 3.8) is 0 Å². The van der Waals surface area contributed by atoms with E-state index >= 15 is 0 Å². The van der Waals surface area contributed by atoms with Crippen LogP contribution >= 0.6 is 0 Å². The van der Waals surface area contributed by atoms with E-state index in [2.05, 4.69) is 10.3 Å². The van der Waals surface area contributed by atoms with Crippen LogP contribution in [0.1, 0.15) is 51.4 Å². The zero-order valence-electron chi connectivity index (χ0n) is 11.0. The Morgan fingerprint density at radius 3 is 2.44 bits per heavy atom. The van der Waals surface area contributed by atoms with Gasteiger partial charge in [0, 0.05) is 19.0 Å². The van der Waals surface area contributed by atoms with Crippen LogP contribution in [-0.2, 0) is 4.79 Å². The fourth-order valence-corrected chi connectivity index (χ4v) is 2.69. The van der Waals surface area contributed by atoms with Crippen LogP contribution in [0.3, 0.4) is 0 Å². The summed E-state index contributed by atoms with van der Waals surface area (Å²) in [4.78, 5) is 15.3. The number of hydrogen-bond donors (Lipinski definition) is 3. The molecule has 2 fully saturated rings. The highest BCUT2D eigenvalue weighted by Gasteiger charge is 2.43. The van der Waals surface area contributed by atoms with E-state index in [1.807, 2.05) is 0 Å². The number of carbonyl (C=O) groups excluding carboxylic acids is 1. The van der Waals surface area contributed by atoms with Crippen molar-refractivity contribution in [1.82, 2.24) is 5.32 Å². The van der Waals surface area contributed by atoms with Gasteiger partial charge in [0.15, 0.2) is 5.96 Å². The van der Waals surface area contributed by atoms with Crippen LogP contribution in [0.2, 0.25) is 0 Å². The summed E-state index contributed by atoms with van der Waals surface area (Å²) in [7, 11) is 0. The highest BCUT2D eigenvalue weighted by molar-refractivity contribution is 5.78. The highest BCUT2D eigenvalue weighted by Crippen LogP contribution is 2.48. The van der Waals surface area contributed by atoms with Gasteiger partial charge in [-0.2, -0.15) is 0 Å². The molecule has 5 nitrogen and oxygen atoms in total. The number of nitrogens with one attached hydrogen (secondary N) is 1. The SMILES string of the molecule is NC(=O)CC1(CN=C(N)NC2CCCCC2)CC1. The van der Waals surface area contributed by atoms with Crippen molar-refractivity contribution in [2.24, 2.45) is 21.9 Å². The molecule has 0 aromatic rings. The monoisotopic (exact) mass is 252 g/mol. The van der Waals surface area contributed by atoms with Crippen molar-refractivity contribution in [3.8, 4) is 0 Å². The smallest absolute Gasteiger partial charge is 0.218 e. The van der Waals surface area contributed by atoms with Gasteiger partial charge in [-0.3, -0.25) is 9.79 Å². The summed E-state index contributed by atoms with van der Waals surface area (Å²) in [5.41, 5.74) is 11.2. The maximum Gasteiger partial charge on any atom is 0.218 e. The van der Waals surface area contributed by atoms with E-state index in [1.165, 1.54) is 32.1 Å². The van der Waals surface area contributed by atoms with Gasteiger partial charge in [0.1, 0.15) is 0 Å². The molecule has 5 N–H and O–H groups in total. The van der Waals surface area contributed by atoms with Crippen LogP contribution in [0.5, 0.6) is 0 Å². The molecule has 0 radical (unpaired) electrons. The van der Waals surface area contributed by atoms with Crippen LogP contribution < -0.4 is 16.8 Å². The molecule has 0 spiro atoms. The molecule has 18 heavy (non-hydrogen) atoms. The molecule has 5 heteroatoms. The highest BCUT2D eigenvalue weighted by atomic mass is 16.1. The Hall–Kier alpha value is -1.26. The number of aliphatic imine (C=N–C) groups is 1. The van der Waals surface area contributed by atoms with E-state index in [0.29, 0.717) is 25.0 Å². The number of carbonyl (C=O) groups is 1. The predicted molar refractivity (Wildman–Crippen MR) is 72.0 cm³/mol. The predicted octanol–water partition coefficient (Wildman–Crippen LogP) is 0.879. The fraction of sp³-hybridized carbons (Fsp3) is 0.846. The van der Waals surface area contributed by atoms with Crippen LogP contribution in [-0.4, -0.2) is 24.5 Å². The van der Waals surface area contributed by atoms with Crippen molar-refractivity contribution in [2.45, 2.75) is 57.4 Å². The number of guanidine groups is 1. The number of nitrogens with two attached hydrogens (primary N) is 2. The molecule has 0 aromatic carbocycles. The van der Waals surface area contributed by atoms with Crippen molar-refractivity contribution in [3.05, 3.63) is 0 Å². The molecular weight excluding hydrogens is 228 g/mol. The summed E-state index contributed by atoms with van der Waals surface area (Å²) in [6.07, 6.45) is 8.76. The van der Waals surface area contributed by atoms with E-state index in [0.717, 1.165) is 12.8 Å². The van der Waals surface area contributed by atoms with Crippen LogP contribution in [0.15, 0.2) is 4.99 Å². The normalized spacial score (nSPS) is 23.7. The van der Waals surface area contributed by atoms with Crippen molar-refractivity contribution in [1.29, 1.82) is 0 Å². The molecule has 0 saturated heterocycles. The van der Waals surface area contributed by atoms with Gasteiger partial charge in [-0.1, -0.05) is 19.3 Å². The van der Waals surface area contributed by atoms with Crippen LogP contribution in [0.25, 0.3) is 0 Å². The van der Waals surface area contributed by atoms with E-state index < -0.39 is 0 Å². The maximum atomic E-state index is 10.9. The summed E-state index contributed by atoms with van der Waals surface area (Å²) in [5.74, 6) is 0.291. The minimum Gasteiger partial charge on any atom is -0.370 e. The van der Waals surface area contributed by atoms with Gasteiger partial charge >= 0.3 is 0 Å². The molecule has 0 bridgehead atoms. The number of hydrogen-bond acceptors (Lipinski definition) is 2. The van der Waals surface area contributed by atoms with Gasteiger partial charge in [0.25, 0.3) is 0 Å². The third kappa shape index (κ3) is 3.89. The number of primary amides is 1. The Morgan fingerprint density at radius 2 is 1.89 bits per heavy atom. The molecule has 0 heterocycles. The van der Waals surface area contributed by atoms with Crippen molar-refractivity contribution >= 4 is 11.9 Å². The molecule has 0 atom stereocenters. The lowest BCUT2D eigenvalue weighted by Gasteiger charge is -2.23. The number of nitrogens with zero attached hydrogens (tertiary/aromatic N) is 1. The molecule has 0 aliphatic heterocycles. The quantitative estimate of drug-likeness (QED) is 0.501. The Labute approximate surface area is 108 Å². The minimum atomic E-state index is -0.235. The Kier molecular flexibility index (Phi) is 4.09. The third-order valence-electron chi connectivity index (χ3n) is 4.05. The molecule has 2 saturated carbocycles. The molecule has 102 valence electrons. The van der Waals surface area contributed by atoms with Crippen LogP contribution in [0.4, 0.5) is 0 Å². The topological polar surface area (TPSA) is 93.5 Å². The number of amides is 1. The second kappa shape index (κ2) is 5.59. The number of rotatable bonds is 5.